The van der Waals surface area contributed by atoms with Crippen LogP contribution in [0.2, 0.25) is 0 Å². The fourth-order valence-corrected chi connectivity index (χ4v) is 1.94. The normalized spacial score (nSPS) is 10.4. The molecule has 1 N–H and O–H groups in total. The monoisotopic (exact) mass is 280 g/mol. The van der Waals surface area contributed by atoms with Gasteiger partial charge in [0.25, 0.3) is 0 Å². The summed E-state index contributed by atoms with van der Waals surface area (Å²) in [6, 6.07) is 3.78. The van der Waals surface area contributed by atoms with Crippen molar-refractivity contribution in [3.63, 3.8) is 0 Å². The van der Waals surface area contributed by atoms with Gasteiger partial charge in [0, 0.05) is 18.7 Å². The van der Waals surface area contributed by atoms with E-state index in [1.807, 2.05) is 0 Å². The van der Waals surface area contributed by atoms with Crippen molar-refractivity contribution < 1.29 is 23.8 Å². The fraction of sp³-hybridized carbons (Fsp3) is 0.231. The van der Waals surface area contributed by atoms with Crippen molar-refractivity contribution >= 4 is 5.97 Å². The minimum Gasteiger partial charge on any atom is -0.493 e. The van der Waals surface area contributed by atoms with Crippen molar-refractivity contribution in [3.8, 4) is 22.8 Å². The van der Waals surface area contributed by atoms with E-state index in [0.29, 0.717) is 17.0 Å². The highest BCUT2D eigenvalue weighted by Gasteiger charge is 2.19. The first-order chi connectivity index (χ1) is 9.47. The maximum Gasteiger partial charge on any atom is 0.356 e. The van der Waals surface area contributed by atoms with Gasteiger partial charge in [0.05, 0.1) is 19.9 Å². The summed E-state index contributed by atoms with van der Waals surface area (Å²) < 4.78 is 25.3. The van der Waals surface area contributed by atoms with E-state index in [9.17, 15) is 9.18 Å². The number of halogens is 1. The highest BCUT2D eigenvalue weighted by atomic mass is 19.1. The molecule has 2 rings (SSSR count). The van der Waals surface area contributed by atoms with Crippen LogP contribution in [0.15, 0.2) is 18.2 Å². The molecule has 2 aromatic rings. The van der Waals surface area contributed by atoms with E-state index in [4.69, 9.17) is 14.6 Å². The Morgan fingerprint density at radius 2 is 2.00 bits per heavy atom. The number of ether oxygens (including phenoxy) is 2. The van der Waals surface area contributed by atoms with Gasteiger partial charge in [0.2, 0.25) is 0 Å². The zero-order valence-electron chi connectivity index (χ0n) is 11.2. The number of hydrogen-bond donors (Lipinski definition) is 1. The molecule has 106 valence electrons. The number of benzene rings is 1. The molecule has 20 heavy (non-hydrogen) atoms. The Balaban J connectivity index is 2.68. The molecule has 0 aliphatic rings. The third kappa shape index (κ3) is 2.29. The van der Waals surface area contributed by atoms with Crippen LogP contribution in [0.5, 0.6) is 11.5 Å². The first-order valence-corrected chi connectivity index (χ1v) is 5.67. The molecule has 0 aliphatic carbocycles. The van der Waals surface area contributed by atoms with Gasteiger partial charge >= 0.3 is 5.97 Å². The molecule has 0 amide bonds. The molecule has 0 radical (unpaired) electrons. The highest BCUT2D eigenvalue weighted by molar-refractivity contribution is 5.87. The second-order valence-electron chi connectivity index (χ2n) is 4.03. The number of aryl methyl sites for hydroxylation is 1. The lowest BCUT2D eigenvalue weighted by molar-refractivity contribution is 0.0689. The average Bonchev–Trinajstić information content (AvgIpc) is 2.79. The molecule has 0 unspecified atom stereocenters. The molecule has 7 heteroatoms. The Hall–Kier alpha value is -2.57. The van der Waals surface area contributed by atoms with Crippen LogP contribution in [0.1, 0.15) is 10.5 Å². The summed E-state index contributed by atoms with van der Waals surface area (Å²) in [6.45, 7) is 0. The minimum atomic E-state index is -1.16. The zero-order valence-corrected chi connectivity index (χ0v) is 11.2. The van der Waals surface area contributed by atoms with Crippen molar-refractivity contribution in [2.75, 3.05) is 14.2 Å². The highest BCUT2D eigenvalue weighted by Crippen LogP contribution is 2.38. The molecule has 0 saturated heterocycles. The quantitative estimate of drug-likeness (QED) is 0.926. The summed E-state index contributed by atoms with van der Waals surface area (Å²) >= 11 is 0. The third-order valence-corrected chi connectivity index (χ3v) is 2.82. The van der Waals surface area contributed by atoms with E-state index >= 15 is 0 Å². The van der Waals surface area contributed by atoms with Crippen molar-refractivity contribution in [1.29, 1.82) is 0 Å². The van der Waals surface area contributed by atoms with E-state index < -0.39 is 11.8 Å². The summed E-state index contributed by atoms with van der Waals surface area (Å²) in [5, 5.41) is 12.8. The Bertz CT molecular complexity index is 667. The first kappa shape index (κ1) is 13.9. The van der Waals surface area contributed by atoms with Crippen molar-refractivity contribution in [3.05, 3.63) is 29.7 Å². The number of carbonyl (C=O) groups is 1. The van der Waals surface area contributed by atoms with E-state index in [1.165, 1.54) is 37.1 Å². The Morgan fingerprint density at radius 3 is 2.50 bits per heavy atom. The lowest BCUT2D eigenvalue weighted by atomic mass is 10.1. The molecule has 0 bridgehead atoms. The van der Waals surface area contributed by atoms with Crippen molar-refractivity contribution in [1.82, 2.24) is 9.78 Å². The third-order valence-electron chi connectivity index (χ3n) is 2.82. The van der Waals surface area contributed by atoms with Gasteiger partial charge in [0.15, 0.2) is 17.2 Å². The van der Waals surface area contributed by atoms with Gasteiger partial charge in [-0.2, -0.15) is 5.10 Å². The number of carboxylic acids is 1. The van der Waals surface area contributed by atoms with Crippen LogP contribution >= 0.6 is 0 Å². The summed E-state index contributed by atoms with van der Waals surface area (Å²) in [6.07, 6.45) is 0. The number of carboxylic acid groups (broad SMARTS) is 1. The number of hydrogen-bond acceptors (Lipinski definition) is 4. The summed E-state index contributed by atoms with van der Waals surface area (Å²) in [5.41, 5.74) is 0.650. The summed E-state index contributed by atoms with van der Waals surface area (Å²) in [5.74, 6) is -1.14. The van der Waals surface area contributed by atoms with Crippen LogP contribution in [-0.4, -0.2) is 35.1 Å². The lowest BCUT2D eigenvalue weighted by Gasteiger charge is -2.13. The van der Waals surface area contributed by atoms with Crippen LogP contribution in [0, 0.1) is 5.82 Å². The van der Waals surface area contributed by atoms with Gasteiger partial charge < -0.3 is 14.6 Å². The van der Waals surface area contributed by atoms with E-state index in [1.54, 1.807) is 7.05 Å². The van der Waals surface area contributed by atoms with Crippen LogP contribution in [0.3, 0.4) is 0 Å². The van der Waals surface area contributed by atoms with Crippen LogP contribution in [0.25, 0.3) is 11.3 Å². The smallest absolute Gasteiger partial charge is 0.356 e. The predicted molar refractivity (Wildman–Crippen MR) is 68.7 cm³/mol. The molecule has 1 heterocycles. The van der Waals surface area contributed by atoms with E-state index in [-0.39, 0.29) is 11.4 Å². The topological polar surface area (TPSA) is 73.6 Å². The van der Waals surface area contributed by atoms with Gasteiger partial charge in [-0.1, -0.05) is 0 Å². The van der Waals surface area contributed by atoms with Crippen molar-refractivity contribution in [2.45, 2.75) is 0 Å². The molecular formula is C13H13FN2O4. The molecule has 6 nitrogen and oxygen atoms in total. The largest absolute Gasteiger partial charge is 0.493 e. The fourth-order valence-electron chi connectivity index (χ4n) is 1.94. The molecule has 0 fully saturated rings. The molecule has 0 atom stereocenters. The van der Waals surface area contributed by atoms with Gasteiger partial charge in [-0.25, -0.2) is 9.18 Å². The minimum absolute atomic E-state index is 0.132. The molecule has 0 saturated carbocycles. The van der Waals surface area contributed by atoms with Gasteiger partial charge in [0.1, 0.15) is 5.82 Å². The maximum atomic E-state index is 13.6. The second-order valence-corrected chi connectivity index (χ2v) is 4.03. The number of aromatic carboxylic acids is 1. The van der Waals surface area contributed by atoms with Gasteiger partial charge in [-0.3, -0.25) is 4.68 Å². The van der Waals surface area contributed by atoms with Crippen LogP contribution in [-0.2, 0) is 7.05 Å². The van der Waals surface area contributed by atoms with E-state index in [0.717, 1.165) is 0 Å². The Labute approximate surface area is 114 Å². The average molecular weight is 280 g/mol. The predicted octanol–water partition coefficient (Wildman–Crippen LogP) is 1.94. The molecule has 1 aromatic carbocycles. The number of nitrogens with zero attached hydrogens (tertiary/aromatic N) is 2. The SMILES string of the molecule is COc1cc(F)cc(-c2cc(C(=O)O)nn2C)c1OC. The second kappa shape index (κ2) is 5.20. The van der Waals surface area contributed by atoms with Crippen LogP contribution < -0.4 is 9.47 Å². The lowest BCUT2D eigenvalue weighted by Crippen LogP contribution is -2.00. The zero-order chi connectivity index (χ0) is 14.9. The Kier molecular flexibility index (Phi) is 3.60. The van der Waals surface area contributed by atoms with Gasteiger partial charge in [-0.05, 0) is 12.1 Å². The Morgan fingerprint density at radius 1 is 1.30 bits per heavy atom. The molecule has 0 spiro atoms. The summed E-state index contributed by atoms with van der Waals surface area (Å²) in [4.78, 5) is 10.9. The van der Waals surface area contributed by atoms with Crippen LogP contribution in [0.4, 0.5) is 4.39 Å². The summed E-state index contributed by atoms with van der Waals surface area (Å²) in [7, 11) is 4.39. The molecular weight excluding hydrogens is 267 g/mol. The van der Waals surface area contributed by atoms with E-state index in [2.05, 4.69) is 5.10 Å². The number of aromatic nitrogens is 2. The first-order valence-electron chi connectivity index (χ1n) is 5.67. The number of methoxy groups -OCH3 is 2. The number of rotatable bonds is 4. The molecule has 1 aromatic heterocycles. The standard InChI is InChI=1S/C13H13FN2O4/c1-16-10(6-9(15-16)13(17)18)8-4-7(14)5-11(19-2)12(8)20-3/h4-6H,1-3H3,(H,17,18). The van der Waals surface area contributed by atoms with Gasteiger partial charge in [-0.15, -0.1) is 0 Å². The maximum absolute atomic E-state index is 13.6. The molecule has 0 aliphatic heterocycles. The van der Waals surface area contributed by atoms with Crippen molar-refractivity contribution in [2.24, 2.45) is 7.05 Å².